The molecule has 0 radical (unpaired) electrons. The molecule has 0 atom stereocenters. The van der Waals surface area contributed by atoms with E-state index in [-0.39, 0.29) is 6.54 Å². The molecule has 8 heteroatoms. The van der Waals surface area contributed by atoms with Gasteiger partial charge < -0.3 is 21.5 Å². The van der Waals surface area contributed by atoms with Crippen molar-refractivity contribution in [1.82, 2.24) is 10.6 Å². The number of rotatable bonds is 7. The Morgan fingerprint density at radius 1 is 1.19 bits per heavy atom. The molecule has 112 valence electrons. The molecule has 0 aliphatic heterocycles. The van der Waals surface area contributed by atoms with E-state index in [0.29, 0.717) is 17.0 Å². The Bertz CT molecular complexity index is 574. The monoisotopic (exact) mass is 309 g/mol. The largest absolute Gasteiger partial charge is 0.480 e. The van der Waals surface area contributed by atoms with Crippen molar-refractivity contribution < 1.29 is 19.5 Å². The lowest BCUT2D eigenvalue weighted by Gasteiger charge is -2.07. The quantitative estimate of drug-likeness (QED) is 0.501. The van der Waals surface area contributed by atoms with Crippen molar-refractivity contribution in [2.45, 2.75) is 6.42 Å². The lowest BCUT2D eigenvalue weighted by Crippen LogP contribution is -2.39. The van der Waals surface area contributed by atoms with Gasteiger partial charge in [-0.25, -0.2) is 0 Å². The van der Waals surface area contributed by atoms with Crippen LogP contribution in [0.2, 0.25) is 0 Å². The minimum atomic E-state index is -1.15. The van der Waals surface area contributed by atoms with Crippen LogP contribution >= 0.6 is 12.2 Å². The third kappa shape index (κ3) is 6.48. The van der Waals surface area contributed by atoms with Crippen molar-refractivity contribution in [3.63, 3.8) is 0 Å². The number of thiocarbonyl (C=S) groups is 1. The molecule has 0 aromatic heterocycles. The predicted molar refractivity (Wildman–Crippen MR) is 79.9 cm³/mol. The standard InChI is InChI=1S/C13H15N3O4S/c14-10(21)5-8-2-1-3-9(4-8)13(20)16-6-11(17)15-7-12(18)19/h1-4H,5-7H2,(H2,14,21)(H,15,17)(H,16,20)(H,18,19). The molecule has 5 N–H and O–H groups in total. The first kappa shape index (κ1) is 16.6. The van der Waals surface area contributed by atoms with Crippen LogP contribution in [-0.2, 0) is 16.0 Å². The SMILES string of the molecule is NC(=S)Cc1cccc(C(=O)NCC(=O)NCC(=O)O)c1. The first-order valence-electron chi connectivity index (χ1n) is 6.02. The molecule has 0 aliphatic rings. The Labute approximate surface area is 126 Å². The zero-order valence-corrected chi connectivity index (χ0v) is 11.9. The van der Waals surface area contributed by atoms with Gasteiger partial charge >= 0.3 is 5.97 Å². The van der Waals surface area contributed by atoms with E-state index < -0.39 is 24.3 Å². The van der Waals surface area contributed by atoms with E-state index in [9.17, 15) is 14.4 Å². The van der Waals surface area contributed by atoms with E-state index in [4.69, 9.17) is 23.1 Å². The number of amides is 2. The van der Waals surface area contributed by atoms with Crippen molar-refractivity contribution in [2.24, 2.45) is 5.73 Å². The number of carbonyl (C=O) groups is 3. The highest BCUT2D eigenvalue weighted by Gasteiger charge is 2.09. The van der Waals surface area contributed by atoms with Crippen molar-refractivity contribution in [3.05, 3.63) is 35.4 Å². The maximum atomic E-state index is 11.9. The fraction of sp³-hybridized carbons (Fsp3) is 0.231. The van der Waals surface area contributed by atoms with E-state index in [2.05, 4.69) is 10.6 Å². The van der Waals surface area contributed by atoms with E-state index in [0.717, 1.165) is 5.56 Å². The number of carbonyl (C=O) groups excluding carboxylic acids is 2. The summed E-state index contributed by atoms with van der Waals surface area (Å²) in [5.41, 5.74) is 6.60. The van der Waals surface area contributed by atoms with Gasteiger partial charge in [-0.1, -0.05) is 24.4 Å². The Hall–Kier alpha value is -2.48. The summed E-state index contributed by atoms with van der Waals surface area (Å²) in [5, 5.41) is 12.9. The van der Waals surface area contributed by atoms with Gasteiger partial charge in [-0.3, -0.25) is 14.4 Å². The summed E-state index contributed by atoms with van der Waals surface area (Å²) in [6.07, 6.45) is 0.384. The molecular formula is C13H15N3O4S. The van der Waals surface area contributed by atoms with Crippen LogP contribution in [0.5, 0.6) is 0 Å². The molecule has 1 rings (SSSR count). The summed E-state index contributed by atoms with van der Waals surface area (Å²) in [6, 6.07) is 6.69. The van der Waals surface area contributed by atoms with E-state index in [1.54, 1.807) is 24.3 Å². The second-order valence-electron chi connectivity index (χ2n) is 4.20. The average molecular weight is 309 g/mol. The zero-order valence-electron chi connectivity index (χ0n) is 11.1. The van der Waals surface area contributed by atoms with Crippen LogP contribution in [0.15, 0.2) is 24.3 Å². The number of nitrogens with one attached hydrogen (secondary N) is 2. The van der Waals surface area contributed by atoms with Crippen LogP contribution in [-0.4, -0.2) is 41.0 Å². The van der Waals surface area contributed by atoms with Crippen molar-refractivity contribution in [1.29, 1.82) is 0 Å². The third-order valence-electron chi connectivity index (χ3n) is 2.41. The number of benzene rings is 1. The molecule has 0 saturated carbocycles. The fourth-order valence-electron chi connectivity index (χ4n) is 1.52. The van der Waals surface area contributed by atoms with E-state index in [1.165, 1.54) is 0 Å². The lowest BCUT2D eigenvalue weighted by atomic mass is 10.1. The molecule has 2 amide bonds. The molecule has 0 heterocycles. The summed E-state index contributed by atoms with van der Waals surface area (Å²) < 4.78 is 0. The first-order chi connectivity index (χ1) is 9.88. The summed E-state index contributed by atoms with van der Waals surface area (Å²) in [7, 11) is 0. The van der Waals surface area contributed by atoms with Gasteiger partial charge in [0.05, 0.1) is 11.5 Å². The van der Waals surface area contributed by atoms with Crippen LogP contribution < -0.4 is 16.4 Å². The van der Waals surface area contributed by atoms with Gasteiger partial charge in [0, 0.05) is 12.0 Å². The summed E-state index contributed by atoms with van der Waals surface area (Å²) in [6.45, 7) is -0.788. The fourth-order valence-corrected chi connectivity index (χ4v) is 1.69. The first-order valence-corrected chi connectivity index (χ1v) is 6.43. The van der Waals surface area contributed by atoms with Gasteiger partial charge in [0.2, 0.25) is 5.91 Å². The number of aliphatic carboxylic acids is 1. The molecule has 0 unspecified atom stereocenters. The zero-order chi connectivity index (χ0) is 15.8. The minimum Gasteiger partial charge on any atom is -0.480 e. The van der Waals surface area contributed by atoms with Gasteiger partial charge in [-0.15, -0.1) is 0 Å². The molecule has 1 aromatic carbocycles. The Morgan fingerprint density at radius 3 is 2.52 bits per heavy atom. The highest BCUT2D eigenvalue weighted by Crippen LogP contribution is 2.06. The molecule has 0 fully saturated rings. The molecule has 7 nitrogen and oxygen atoms in total. The number of carboxylic acids is 1. The second-order valence-corrected chi connectivity index (χ2v) is 4.72. The highest BCUT2D eigenvalue weighted by atomic mass is 32.1. The van der Waals surface area contributed by atoms with Crippen molar-refractivity contribution in [2.75, 3.05) is 13.1 Å². The van der Waals surface area contributed by atoms with E-state index in [1.807, 2.05) is 0 Å². The van der Waals surface area contributed by atoms with Crippen LogP contribution in [0.3, 0.4) is 0 Å². The molecule has 0 spiro atoms. The number of nitrogens with two attached hydrogens (primary N) is 1. The van der Waals surface area contributed by atoms with Crippen molar-refractivity contribution in [3.8, 4) is 0 Å². The Morgan fingerprint density at radius 2 is 1.90 bits per heavy atom. The van der Waals surface area contributed by atoms with Crippen LogP contribution in [0.25, 0.3) is 0 Å². The van der Waals surface area contributed by atoms with Crippen molar-refractivity contribution >= 4 is 35.0 Å². The van der Waals surface area contributed by atoms with Crippen LogP contribution in [0.4, 0.5) is 0 Å². The molecule has 1 aromatic rings. The topological polar surface area (TPSA) is 122 Å². The van der Waals surface area contributed by atoms with Gasteiger partial charge in [0.1, 0.15) is 6.54 Å². The summed E-state index contributed by atoms with van der Waals surface area (Å²) >= 11 is 4.80. The molecular weight excluding hydrogens is 294 g/mol. The van der Waals surface area contributed by atoms with Gasteiger partial charge in [-0.05, 0) is 17.7 Å². The normalized spacial score (nSPS) is 9.71. The Balaban J connectivity index is 2.53. The molecule has 0 bridgehead atoms. The maximum Gasteiger partial charge on any atom is 0.322 e. The molecule has 0 saturated heterocycles. The summed E-state index contributed by atoms with van der Waals surface area (Å²) in [5.74, 6) is -2.17. The third-order valence-corrected chi connectivity index (χ3v) is 2.56. The summed E-state index contributed by atoms with van der Waals surface area (Å²) in [4.78, 5) is 33.7. The molecule has 0 aliphatic carbocycles. The predicted octanol–water partition coefficient (Wildman–Crippen LogP) is -0.554. The Kier molecular flexibility index (Phi) is 6.28. The van der Waals surface area contributed by atoms with Gasteiger partial charge in [0.25, 0.3) is 5.91 Å². The number of hydrogen-bond donors (Lipinski definition) is 4. The van der Waals surface area contributed by atoms with Crippen LogP contribution in [0.1, 0.15) is 15.9 Å². The minimum absolute atomic E-state index is 0.300. The van der Waals surface area contributed by atoms with Crippen LogP contribution in [0, 0.1) is 0 Å². The smallest absolute Gasteiger partial charge is 0.322 e. The van der Waals surface area contributed by atoms with E-state index >= 15 is 0 Å². The van der Waals surface area contributed by atoms with Gasteiger partial charge in [0.15, 0.2) is 0 Å². The van der Waals surface area contributed by atoms with Gasteiger partial charge in [-0.2, -0.15) is 0 Å². The highest BCUT2D eigenvalue weighted by molar-refractivity contribution is 7.80. The number of hydrogen-bond acceptors (Lipinski definition) is 4. The maximum absolute atomic E-state index is 11.9. The molecule has 21 heavy (non-hydrogen) atoms. The second kappa shape index (κ2) is 7.95. The average Bonchev–Trinajstić information content (AvgIpc) is 2.42. The number of carboxylic acid groups (broad SMARTS) is 1. The lowest BCUT2D eigenvalue weighted by molar-refractivity contribution is -0.137.